The van der Waals surface area contributed by atoms with Crippen LogP contribution in [0.25, 0.3) is 0 Å². The Labute approximate surface area is 80.4 Å². The number of aromatic nitrogens is 2. The first kappa shape index (κ1) is 9.79. The van der Waals surface area contributed by atoms with E-state index in [0.29, 0.717) is 11.6 Å². The first-order valence-corrected chi connectivity index (χ1v) is 4.07. The fraction of sp³-hybridized carbons (Fsp3) is 0.286. The third kappa shape index (κ3) is 2.90. The van der Waals surface area contributed by atoms with Crippen LogP contribution in [0.15, 0.2) is 12.3 Å². The Morgan fingerprint density at radius 2 is 2.46 bits per heavy atom. The molecule has 6 heteroatoms. The number of thiocarbonyl (C=S) groups is 1. The number of rotatable bonds is 4. The molecule has 13 heavy (non-hydrogen) atoms. The van der Waals surface area contributed by atoms with E-state index in [9.17, 15) is 4.39 Å². The Bertz CT molecular complexity index is 304. The van der Waals surface area contributed by atoms with Gasteiger partial charge in [0, 0.05) is 12.7 Å². The Morgan fingerprint density at radius 1 is 1.69 bits per heavy atom. The second-order valence-corrected chi connectivity index (χ2v) is 2.69. The Morgan fingerprint density at radius 3 is 3.08 bits per heavy atom. The van der Waals surface area contributed by atoms with Gasteiger partial charge in [-0.1, -0.05) is 12.2 Å². The van der Waals surface area contributed by atoms with Crippen LogP contribution in [0, 0.1) is 0 Å². The molecule has 3 N–H and O–H groups in total. The van der Waals surface area contributed by atoms with Crippen LogP contribution >= 0.6 is 12.2 Å². The molecule has 4 nitrogen and oxygen atoms in total. The van der Waals surface area contributed by atoms with E-state index < -0.39 is 6.67 Å². The molecule has 0 aliphatic rings. The number of nitrogens with one attached hydrogen (secondary N) is 1. The molecule has 0 fully saturated rings. The van der Waals surface area contributed by atoms with Gasteiger partial charge in [-0.15, -0.1) is 0 Å². The number of hydrogen-bond donors (Lipinski definition) is 2. The molecule has 0 aliphatic carbocycles. The summed E-state index contributed by atoms with van der Waals surface area (Å²) in [5, 5.41) is 2.68. The number of nitrogens with zero attached hydrogens (tertiary/aromatic N) is 2. The molecular weight excluding hydrogens is 191 g/mol. The number of nitrogens with two attached hydrogens (primary N) is 1. The average Bonchev–Trinajstić information content (AvgIpc) is 2.15. The van der Waals surface area contributed by atoms with Crippen LogP contribution in [0.4, 0.5) is 10.3 Å². The van der Waals surface area contributed by atoms with E-state index in [1.807, 2.05) is 0 Å². The maximum absolute atomic E-state index is 11.8. The zero-order chi connectivity index (χ0) is 9.68. The van der Waals surface area contributed by atoms with E-state index >= 15 is 0 Å². The smallest absolute Gasteiger partial charge is 0.223 e. The minimum absolute atomic E-state index is 0.181. The molecule has 0 unspecified atom stereocenters. The van der Waals surface area contributed by atoms with E-state index in [2.05, 4.69) is 15.3 Å². The van der Waals surface area contributed by atoms with Crippen molar-refractivity contribution in [2.24, 2.45) is 5.73 Å². The summed E-state index contributed by atoms with van der Waals surface area (Å²) < 4.78 is 11.8. The number of anilines is 1. The summed E-state index contributed by atoms with van der Waals surface area (Å²) in [6.45, 7) is -0.290. The third-order valence-corrected chi connectivity index (χ3v) is 1.49. The standard InChI is InChI=1S/C7H9FN4S/c8-2-4-11-7-10-3-1-5(12-7)6(9)13/h1,3H,2,4H2,(H2,9,13)(H,10,11,12). The van der Waals surface area contributed by atoms with E-state index in [1.54, 1.807) is 6.07 Å². The van der Waals surface area contributed by atoms with E-state index in [4.69, 9.17) is 18.0 Å². The van der Waals surface area contributed by atoms with Crippen molar-refractivity contribution in [1.29, 1.82) is 0 Å². The highest BCUT2D eigenvalue weighted by Crippen LogP contribution is 1.99. The lowest BCUT2D eigenvalue weighted by molar-refractivity contribution is 0.512. The van der Waals surface area contributed by atoms with Crippen molar-refractivity contribution in [1.82, 2.24) is 9.97 Å². The van der Waals surface area contributed by atoms with Gasteiger partial charge in [0.25, 0.3) is 0 Å². The predicted octanol–water partition coefficient (Wildman–Crippen LogP) is 0.492. The van der Waals surface area contributed by atoms with E-state index in [1.165, 1.54) is 6.20 Å². The first-order valence-electron chi connectivity index (χ1n) is 3.66. The van der Waals surface area contributed by atoms with Gasteiger partial charge in [-0.05, 0) is 6.07 Å². The van der Waals surface area contributed by atoms with E-state index in [-0.39, 0.29) is 11.5 Å². The quantitative estimate of drug-likeness (QED) is 0.693. The highest BCUT2D eigenvalue weighted by molar-refractivity contribution is 7.80. The lowest BCUT2D eigenvalue weighted by Gasteiger charge is -2.02. The zero-order valence-electron chi connectivity index (χ0n) is 6.83. The fourth-order valence-electron chi connectivity index (χ4n) is 0.740. The van der Waals surface area contributed by atoms with Gasteiger partial charge >= 0.3 is 0 Å². The van der Waals surface area contributed by atoms with Crippen LogP contribution in [0.5, 0.6) is 0 Å². The van der Waals surface area contributed by atoms with Crippen LogP contribution in [0.3, 0.4) is 0 Å². The number of hydrogen-bond acceptors (Lipinski definition) is 4. The molecule has 1 aromatic heterocycles. The molecule has 0 saturated heterocycles. The molecule has 0 aromatic carbocycles. The van der Waals surface area contributed by atoms with Gasteiger partial charge in [0.2, 0.25) is 5.95 Å². The molecule has 0 radical (unpaired) electrons. The van der Waals surface area contributed by atoms with Crippen LogP contribution in [-0.2, 0) is 0 Å². The van der Waals surface area contributed by atoms with Crippen molar-refractivity contribution >= 4 is 23.2 Å². The molecule has 0 atom stereocenters. The molecule has 1 rings (SSSR count). The predicted molar refractivity (Wildman–Crippen MR) is 52.4 cm³/mol. The molecular formula is C7H9FN4S. The van der Waals surface area contributed by atoms with Gasteiger partial charge in [0.05, 0.1) is 0 Å². The van der Waals surface area contributed by atoms with Gasteiger partial charge < -0.3 is 11.1 Å². The van der Waals surface area contributed by atoms with Gasteiger partial charge in [-0.3, -0.25) is 0 Å². The molecule has 0 amide bonds. The van der Waals surface area contributed by atoms with Crippen molar-refractivity contribution in [3.05, 3.63) is 18.0 Å². The molecule has 1 aromatic rings. The first-order chi connectivity index (χ1) is 6.24. The second kappa shape index (κ2) is 4.66. The highest BCUT2D eigenvalue weighted by atomic mass is 32.1. The summed E-state index contributed by atoms with van der Waals surface area (Å²) in [4.78, 5) is 8.01. The summed E-state index contributed by atoms with van der Waals surface area (Å²) in [5.41, 5.74) is 5.83. The third-order valence-electron chi connectivity index (χ3n) is 1.29. The maximum Gasteiger partial charge on any atom is 0.223 e. The molecule has 0 aliphatic heterocycles. The maximum atomic E-state index is 11.8. The van der Waals surface area contributed by atoms with Crippen molar-refractivity contribution in [2.45, 2.75) is 0 Å². The van der Waals surface area contributed by atoms with Gasteiger partial charge in [0.1, 0.15) is 17.4 Å². The van der Waals surface area contributed by atoms with Gasteiger partial charge in [-0.25, -0.2) is 14.4 Å². The Balaban J connectivity index is 2.73. The van der Waals surface area contributed by atoms with Crippen LogP contribution < -0.4 is 11.1 Å². The van der Waals surface area contributed by atoms with E-state index in [0.717, 1.165) is 0 Å². The summed E-state index contributed by atoms with van der Waals surface area (Å²) in [5.74, 6) is 0.336. The fourth-order valence-corrected chi connectivity index (χ4v) is 0.854. The topological polar surface area (TPSA) is 63.8 Å². The summed E-state index contributed by atoms with van der Waals surface area (Å²) in [6.07, 6.45) is 1.52. The Kier molecular flexibility index (Phi) is 3.51. The average molecular weight is 200 g/mol. The van der Waals surface area contributed by atoms with Crippen molar-refractivity contribution in [3.8, 4) is 0 Å². The molecule has 1 heterocycles. The van der Waals surface area contributed by atoms with Gasteiger partial charge in [-0.2, -0.15) is 0 Å². The van der Waals surface area contributed by atoms with Crippen LogP contribution in [0.1, 0.15) is 5.69 Å². The summed E-state index contributed by atoms with van der Waals surface area (Å²) in [7, 11) is 0. The minimum Gasteiger partial charge on any atom is -0.388 e. The lowest BCUT2D eigenvalue weighted by Crippen LogP contribution is -2.14. The van der Waals surface area contributed by atoms with Gasteiger partial charge in [0.15, 0.2) is 0 Å². The van der Waals surface area contributed by atoms with Crippen LogP contribution in [0.2, 0.25) is 0 Å². The molecule has 0 bridgehead atoms. The second-order valence-electron chi connectivity index (χ2n) is 2.25. The van der Waals surface area contributed by atoms with Crippen molar-refractivity contribution in [3.63, 3.8) is 0 Å². The van der Waals surface area contributed by atoms with Crippen LogP contribution in [-0.4, -0.2) is 28.2 Å². The minimum atomic E-state index is -0.472. The summed E-state index contributed by atoms with van der Waals surface area (Å²) in [6, 6.07) is 1.60. The van der Waals surface area contributed by atoms with Crippen molar-refractivity contribution < 1.29 is 4.39 Å². The SMILES string of the molecule is NC(=S)c1ccnc(NCCF)n1. The summed E-state index contributed by atoms with van der Waals surface area (Å²) >= 11 is 4.72. The highest BCUT2D eigenvalue weighted by Gasteiger charge is 1.99. The van der Waals surface area contributed by atoms with Crippen molar-refractivity contribution in [2.75, 3.05) is 18.5 Å². The normalized spacial score (nSPS) is 9.62. The number of halogens is 1. The largest absolute Gasteiger partial charge is 0.388 e. The molecule has 70 valence electrons. The lowest BCUT2D eigenvalue weighted by atomic mass is 10.4. The zero-order valence-corrected chi connectivity index (χ0v) is 7.64. The number of alkyl halides is 1. The molecule has 0 spiro atoms. The monoisotopic (exact) mass is 200 g/mol. The Hall–Kier alpha value is -1.30. The molecule has 0 saturated carbocycles.